The molecule has 4 nitrogen and oxygen atoms in total. The normalized spacial score (nSPS) is 32.4. The molecule has 1 N–H and O–H groups in total. The van der Waals surface area contributed by atoms with Gasteiger partial charge in [-0.3, -0.25) is 4.90 Å². The first-order valence-corrected chi connectivity index (χ1v) is 9.00. The van der Waals surface area contributed by atoms with E-state index in [1.54, 1.807) is 0 Å². The maximum absolute atomic E-state index is 5.99. The Morgan fingerprint density at radius 1 is 1.24 bits per heavy atom. The molecule has 1 heterocycles. The summed E-state index contributed by atoms with van der Waals surface area (Å²) in [6.07, 6.45) is 8.56. The number of nitrogens with one attached hydrogen (secondary N) is 1. The monoisotopic (exact) mass is 296 g/mol. The molecule has 0 aromatic rings. The van der Waals surface area contributed by atoms with Gasteiger partial charge in [0.05, 0.1) is 19.3 Å². The highest BCUT2D eigenvalue weighted by Crippen LogP contribution is 2.54. The molecule has 2 atom stereocenters. The Labute approximate surface area is 129 Å². The number of hydrogen-bond donors (Lipinski definition) is 1. The minimum Gasteiger partial charge on any atom is -0.379 e. The molecule has 3 aliphatic rings. The van der Waals surface area contributed by atoms with Crippen molar-refractivity contribution in [2.45, 2.75) is 57.6 Å². The first-order chi connectivity index (χ1) is 10.3. The van der Waals surface area contributed by atoms with Crippen molar-refractivity contribution in [3.05, 3.63) is 0 Å². The van der Waals surface area contributed by atoms with E-state index < -0.39 is 0 Å². The van der Waals surface area contributed by atoms with Crippen molar-refractivity contribution in [1.29, 1.82) is 0 Å². The van der Waals surface area contributed by atoms with Gasteiger partial charge >= 0.3 is 0 Å². The fourth-order valence-electron chi connectivity index (χ4n) is 4.58. The molecule has 3 rings (SSSR count). The lowest BCUT2D eigenvalue weighted by atomic mass is 9.60. The predicted molar refractivity (Wildman–Crippen MR) is 84.6 cm³/mol. The van der Waals surface area contributed by atoms with Crippen LogP contribution < -0.4 is 5.32 Å². The third-order valence-corrected chi connectivity index (χ3v) is 5.83. The summed E-state index contributed by atoms with van der Waals surface area (Å²) >= 11 is 0. The van der Waals surface area contributed by atoms with Crippen LogP contribution in [0.5, 0.6) is 0 Å². The third kappa shape index (κ3) is 3.44. The van der Waals surface area contributed by atoms with Crippen LogP contribution in [-0.4, -0.2) is 63.0 Å². The molecule has 1 aliphatic heterocycles. The fraction of sp³-hybridized carbons (Fsp3) is 1.00. The molecule has 2 aliphatic carbocycles. The van der Waals surface area contributed by atoms with E-state index in [2.05, 4.69) is 17.1 Å². The molecule has 2 unspecified atom stereocenters. The fourth-order valence-corrected chi connectivity index (χ4v) is 4.58. The van der Waals surface area contributed by atoms with Gasteiger partial charge in [0, 0.05) is 31.2 Å². The molecular formula is C17H32N2O2. The molecule has 1 saturated heterocycles. The van der Waals surface area contributed by atoms with Gasteiger partial charge in [0.1, 0.15) is 0 Å². The minimum atomic E-state index is 0.481. The Bertz CT molecular complexity index is 312. The summed E-state index contributed by atoms with van der Waals surface area (Å²) in [4.78, 5) is 2.53. The van der Waals surface area contributed by atoms with E-state index in [1.165, 1.54) is 45.1 Å². The SMILES string of the molecule is CCOC1CC(NCCCN2CCOCC2)C12CCCC2. The average molecular weight is 296 g/mol. The van der Waals surface area contributed by atoms with Crippen LogP contribution in [0.25, 0.3) is 0 Å². The average Bonchev–Trinajstić information content (AvgIpc) is 3.03. The summed E-state index contributed by atoms with van der Waals surface area (Å²) in [6.45, 7) is 9.42. The maximum atomic E-state index is 5.99. The van der Waals surface area contributed by atoms with Crippen molar-refractivity contribution in [3.63, 3.8) is 0 Å². The molecule has 21 heavy (non-hydrogen) atoms. The summed E-state index contributed by atoms with van der Waals surface area (Å²) in [6, 6.07) is 0.709. The lowest BCUT2D eigenvalue weighted by Crippen LogP contribution is -2.62. The zero-order valence-electron chi connectivity index (χ0n) is 13.6. The molecule has 3 fully saturated rings. The van der Waals surface area contributed by atoms with E-state index in [4.69, 9.17) is 9.47 Å². The van der Waals surface area contributed by atoms with Gasteiger partial charge in [-0.2, -0.15) is 0 Å². The van der Waals surface area contributed by atoms with Crippen molar-refractivity contribution in [3.8, 4) is 0 Å². The molecule has 0 aromatic carbocycles. The molecule has 0 radical (unpaired) electrons. The van der Waals surface area contributed by atoms with Crippen LogP contribution in [-0.2, 0) is 9.47 Å². The van der Waals surface area contributed by atoms with Crippen molar-refractivity contribution < 1.29 is 9.47 Å². The summed E-state index contributed by atoms with van der Waals surface area (Å²) in [5.74, 6) is 0. The van der Waals surface area contributed by atoms with Gasteiger partial charge in [-0.1, -0.05) is 12.8 Å². The Kier molecular flexibility index (Phi) is 5.54. The van der Waals surface area contributed by atoms with E-state index in [1.807, 2.05) is 0 Å². The number of nitrogens with zero attached hydrogens (tertiary/aromatic N) is 1. The third-order valence-electron chi connectivity index (χ3n) is 5.83. The Hall–Kier alpha value is -0.160. The summed E-state index contributed by atoms with van der Waals surface area (Å²) in [7, 11) is 0. The van der Waals surface area contributed by atoms with Gasteiger partial charge in [0.25, 0.3) is 0 Å². The maximum Gasteiger partial charge on any atom is 0.0661 e. The van der Waals surface area contributed by atoms with Crippen LogP contribution in [0, 0.1) is 5.41 Å². The molecule has 1 spiro atoms. The summed E-state index contributed by atoms with van der Waals surface area (Å²) < 4.78 is 11.4. The molecule has 0 aromatic heterocycles. The molecule has 2 saturated carbocycles. The van der Waals surface area contributed by atoms with Crippen LogP contribution >= 0.6 is 0 Å². The number of rotatable bonds is 7. The van der Waals surface area contributed by atoms with E-state index in [-0.39, 0.29) is 0 Å². The lowest BCUT2D eigenvalue weighted by Gasteiger charge is -2.54. The smallest absolute Gasteiger partial charge is 0.0661 e. The van der Waals surface area contributed by atoms with Crippen molar-refractivity contribution in [2.75, 3.05) is 46.0 Å². The Morgan fingerprint density at radius 2 is 2.00 bits per heavy atom. The topological polar surface area (TPSA) is 33.7 Å². The molecule has 4 heteroatoms. The van der Waals surface area contributed by atoms with Crippen LogP contribution in [0.4, 0.5) is 0 Å². The highest BCUT2D eigenvalue weighted by atomic mass is 16.5. The Balaban J connectivity index is 1.37. The molecule has 122 valence electrons. The molecule has 0 amide bonds. The van der Waals surface area contributed by atoms with E-state index in [9.17, 15) is 0 Å². The highest BCUT2D eigenvalue weighted by molar-refractivity contribution is 5.09. The van der Waals surface area contributed by atoms with Crippen LogP contribution in [0.3, 0.4) is 0 Å². The van der Waals surface area contributed by atoms with Gasteiger partial charge in [-0.05, 0) is 45.7 Å². The van der Waals surface area contributed by atoms with Crippen molar-refractivity contribution >= 4 is 0 Å². The van der Waals surface area contributed by atoms with Crippen LogP contribution in [0.1, 0.15) is 45.4 Å². The minimum absolute atomic E-state index is 0.481. The number of ether oxygens (including phenoxy) is 2. The second-order valence-electron chi connectivity index (χ2n) is 6.93. The quantitative estimate of drug-likeness (QED) is 0.729. The van der Waals surface area contributed by atoms with Gasteiger partial charge in [0.2, 0.25) is 0 Å². The van der Waals surface area contributed by atoms with Crippen LogP contribution in [0.15, 0.2) is 0 Å². The second kappa shape index (κ2) is 7.40. The van der Waals surface area contributed by atoms with Gasteiger partial charge in [-0.25, -0.2) is 0 Å². The lowest BCUT2D eigenvalue weighted by molar-refractivity contribution is -0.130. The van der Waals surface area contributed by atoms with Crippen molar-refractivity contribution in [2.24, 2.45) is 5.41 Å². The van der Waals surface area contributed by atoms with E-state index in [0.717, 1.165) is 39.5 Å². The van der Waals surface area contributed by atoms with Crippen molar-refractivity contribution in [1.82, 2.24) is 10.2 Å². The Morgan fingerprint density at radius 3 is 2.71 bits per heavy atom. The first kappa shape index (κ1) is 15.7. The van der Waals surface area contributed by atoms with E-state index >= 15 is 0 Å². The second-order valence-corrected chi connectivity index (χ2v) is 6.93. The summed E-state index contributed by atoms with van der Waals surface area (Å²) in [5.41, 5.74) is 0.481. The zero-order chi connectivity index (χ0) is 14.5. The first-order valence-electron chi connectivity index (χ1n) is 9.00. The van der Waals surface area contributed by atoms with Crippen LogP contribution in [0.2, 0.25) is 0 Å². The number of hydrogen-bond acceptors (Lipinski definition) is 4. The summed E-state index contributed by atoms with van der Waals surface area (Å²) in [5, 5.41) is 3.84. The molecule has 0 bridgehead atoms. The standard InChI is InChI=1S/C17H32N2O2/c1-2-21-16-14-15(17(16)6-3-4-7-17)18-8-5-9-19-10-12-20-13-11-19/h15-16,18H,2-14H2,1H3. The number of morpholine rings is 1. The largest absolute Gasteiger partial charge is 0.379 e. The highest BCUT2D eigenvalue weighted by Gasteiger charge is 2.56. The predicted octanol–water partition coefficient (Wildman–Crippen LogP) is 2.04. The zero-order valence-corrected chi connectivity index (χ0v) is 13.6. The van der Waals surface area contributed by atoms with Gasteiger partial charge in [0.15, 0.2) is 0 Å². The van der Waals surface area contributed by atoms with Gasteiger partial charge < -0.3 is 14.8 Å². The van der Waals surface area contributed by atoms with E-state index in [0.29, 0.717) is 17.6 Å². The molecular weight excluding hydrogens is 264 g/mol. The van der Waals surface area contributed by atoms with Gasteiger partial charge in [-0.15, -0.1) is 0 Å².